The highest BCUT2D eigenvalue weighted by molar-refractivity contribution is 7.91. The number of thiazole rings is 1. The number of anilines is 1. The average molecular weight is 735 g/mol. The number of rotatable bonds is 7. The number of fused-ring (bicyclic) bond motifs is 3. The van der Waals surface area contributed by atoms with Gasteiger partial charge in [-0.25, -0.2) is 18.4 Å². The zero-order valence-electron chi connectivity index (χ0n) is 29.3. The maximum atomic E-state index is 14.6. The Kier molecular flexibility index (Phi) is 9.59. The number of allylic oxidation sites excluding steroid dienone is 1. The number of sulfonamides is 1. The summed E-state index contributed by atoms with van der Waals surface area (Å²) in [5.41, 5.74) is -0.663. The third kappa shape index (κ3) is 7.62. The van der Waals surface area contributed by atoms with Crippen molar-refractivity contribution in [3.05, 3.63) is 59.8 Å². The van der Waals surface area contributed by atoms with Crippen LogP contribution in [0, 0.1) is 5.92 Å². The zero-order valence-corrected chi connectivity index (χ0v) is 30.9. The summed E-state index contributed by atoms with van der Waals surface area (Å²) >= 11 is 1.45. The SMILES string of the molecule is CC(C)(C)c1csc(N[C@H]2CCCCC/C=C\[C@H]3C[C@@]3(C(=O)NS(=O)(=O)C3CC3)NC(=O)[C@@H]3C[C@@H](Oc4nccc5ccccc45)CN3C2=O)n1. The smallest absolute Gasteiger partial charge is 0.259 e. The Balaban J connectivity index is 1.19. The Labute approximate surface area is 302 Å². The van der Waals surface area contributed by atoms with Crippen molar-refractivity contribution in [1.29, 1.82) is 0 Å². The summed E-state index contributed by atoms with van der Waals surface area (Å²) in [4.78, 5) is 53.5. The van der Waals surface area contributed by atoms with Crippen LogP contribution in [0.4, 0.5) is 5.13 Å². The molecule has 3 aromatic rings. The Hall–Kier alpha value is -4.04. The molecule has 4 heterocycles. The van der Waals surface area contributed by atoms with E-state index in [1.807, 2.05) is 47.9 Å². The monoisotopic (exact) mass is 734 g/mol. The summed E-state index contributed by atoms with van der Waals surface area (Å²) in [6.45, 7) is 6.40. The van der Waals surface area contributed by atoms with Crippen LogP contribution in [0.15, 0.2) is 54.1 Å². The molecule has 5 atom stereocenters. The number of benzene rings is 1. The summed E-state index contributed by atoms with van der Waals surface area (Å²) < 4.78 is 34.3. The topological polar surface area (TPSA) is 160 Å². The summed E-state index contributed by atoms with van der Waals surface area (Å²) in [5, 5.41) is 10.2. The van der Waals surface area contributed by atoms with Crippen LogP contribution < -0.4 is 20.1 Å². The van der Waals surface area contributed by atoms with Crippen molar-refractivity contribution in [2.24, 2.45) is 5.92 Å². The lowest BCUT2D eigenvalue weighted by Gasteiger charge is -2.30. The Morgan fingerprint density at radius 3 is 2.67 bits per heavy atom. The van der Waals surface area contributed by atoms with E-state index >= 15 is 0 Å². The van der Waals surface area contributed by atoms with Gasteiger partial charge in [0, 0.05) is 34.7 Å². The van der Waals surface area contributed by atoms with Gasteiger partial charge in [0.25, 0.3) is 5.91 Å². The minimum absolute atomic E-state index is 0.129. The van der Waals surface area contributed by atoms with Crippen molar-refractivity contribution in [2.75, 3.05) is 11.9 Å². The molecule has 0 unspecified atom stereocenters. The fourth-order valence-corrected chi connectivity index (χ4v) is 9.38. The Morgan fingerprint density at radius 2 is 1.90 bits per heavy atom. The number of aromatic nitrogens is 2. The van der Waals surface area contributed by atoms with Gasteiger partial charge in [0.1, 0.15) is 23.7 Å². The number of ether oxygens (including phenoxy) is 1. The van der Waals surface area contributed by atoms with Gasteiger partial charge in [-0.15, -0.1) is 11.3 Å². The number of nitrogens with one attached hydrogen (secondary N) is 3. The molecule has 2 aliphatic heterocycles. The normalized spacial score (nSPS) is 28.1. The fourth-order valence-electron chi connectivity index (χ4n) is 7.02. The van der Waals surface area contributed by atoms with Crippen LogP contribution >= 0.6 is 11.3 Å². The molecule has 0 radical (unpaired) electrons. The number of pyridine rings is 1. The highest BCUT2D eigenvalue weighted by Crippen LogP contribution is 2.46. The maximum Gasteiger partial charge on any atom is 0.259 e. The minimum atomic E-state index is -3.84. The van der Waals surface area contributed by atoms with Gasteiger partial charge in [-0.2, -0.15) is 0 Å². The Morgan fingerprint density at radius 1 is 1.10 bits per heavy atom. The molecule has 3 fully saturated rings. The van der Waals surface area contributed by atoms with Crippen LogP contribution in [0.2, 0.25) is 0 Å². The van der Waals surface area contributed by atoms with Crippen molar-refractivity contribution in [3.8, 4) is 5.88 Å². The highest BCUT2D eigenvalue weighted by atomic mass is 32.2. The third-order valence-corrected chi connectivity index (χ3v) is 12.9. The van der Waals surface area contributed by atoms with E-state index in [-0.39, 0.29) is 36.6 Å². The zero-order chi connectivity index (χ0) is 36.0. The first-order valence-corrected chi connectivity index (χ1v) is 20.3. The number of hydrogen-bond acceptors (Lipinski definition) is 10. The van der Waals surface area contributed by atoms with Crippen LogP contribution in [-0.2, 0) is 29.8 Å². The predicted molar refractivity (Wildman–Crippen MR) is 196 cm³/mol. The molecule has 1 saturated heterocycles. The first-order chi connectivity index (χ1) is 24.3. The predicted octanol–water partition coefficient (Wildman–Crippen LogP) is 4.82. The van der Waals surface area contributed by atoms with E-state index in [1.54, 1.807) is 11.1 Å². The second-order valence-electron chi connectivity index (χ2n) is 15.3. The molecule has 272 valence electrons. The summed E-state index contributed by atoms with van der Waals surface area (Å²) in [6, 6.07) is 8.00. The minimum Gasteiger partial charge on any atom is -0.472 e. The molecule has 7 rings (SSSR count). The van der Waals surface area contributed by atoms with Crippen molar-refractivity contribution < 1.29 is 27.5 Å². The van der Waals surface area contributed by atoms with E-state index < -0.39 is 50.8 Å². The molecule has 2 aromatic heterocycles. The standard InChI is InChI=1S/C37H46N6O6S2/c1-36(2,3)30-22-50-35(40-30)39-28-14-8-6-4-5-7-12-24-20-37(24,34(46)42-51(47,48)26-15-16-26)41-31(44)29-19-25(21-43(29)33(28)45)49-32-27-13-10-9-11-23(27)17-18-38-32/h7,9-13,17-18,22,24-26,28-29H,4-6,8,14-16,19-21H2,1-3H3,(H,39,40)(H,41,44)(H,42,46)/b12-7-/t24-,25+,28-,29-,37+/m0/s1. The molecule has 12 nitrogen and oxygen atoms in total. The van der Waals surface area contributed by atoms with Gasteiger partial charge < -0.3 is 20.3 Å². The second-order valence-corrected chi connectivity index (χ2v) is 18.1. The molecular weight excluding hydrogens is 689 g/mol. The van der Waals surface area contributed by atoms with Crippen molar-refractivity contribution >= 4 is 55.0 Å². The largest absolute Gasteiger partial charge is 0.472 e. The number of carbonyl (C=O) groups excluding carboxylic acids is 3. The summed E-state index contributed by atoms with van der Waals surface area (Å²) in [5.74, 6) is -1.46. The molecule has 0 spiro atoms. The van der Waals surface area contributed by atoms with Crippen LogP contribution in [0.1, 0.15) is 84.3 Å². The van der Waals surface area contributed by atoms with Crippen molar-refractivity contribution in [2.45, 2.75) is 113 Å². The van der Waals surface area contributed by atoms with E-state index in [0.29, 0.717) is 30.3 Å². The maximum absolute atomic E-state index is 14.6. The molecule has 14 heteroatoms. The lowest BCUT2D eigenvalue weighted by Crippen LogP contribution is -2.57. The van der Waals surface area contributed by atoms with Crippen molar-refractivity contribution in [1.82, 2.24) is 24.9 Å². The van der Waals surface area contributed by atoms with E-state index in [2.05, 4.69) is 41.1 Å². The number of nitrogens with zero attached hydrogens (tertiary/aromatic N) is 3. The lowest BCUT2D eigenvalue weighted by atomic mass is 9.93. The quantitative estimate of drug-likeness (QED) is 0.289. The van der Waals surface area contributed by atoms with Crippen LogP contribution in [0.3, 0.4) is 0 Å². The molecule has 0 bridgehead atoms. The van der Waals surface area contributed by atoms with Crippen molar-refractivity contribution in [3.63, 3.8) is 0 Å². The van der Waals surface area contributed by atoms with E-state index in [4.69, 9.17) is 9.72 Å². The fraction of sp³-hybridized carbons (Fsp3) is 0.541. The highest BCUT2D eigenvalue weighted by Gasteiger charge is 2.62. The molecule has 2 aliphatic carbocycles. The van der Waals surface area contributed by atoms with Gasteiger partial charge in [-0.1, -0.05) is 64.0 Å². The molecule has 51 heavy (non-hydrogen) atoms. The first-order valence-electron chi connectivity index (χ1n) is 17.9. The molecule has 3 N–H and O–H groups in total. The van der Waals surface area contributed by atoms with Gasteiger partial charge in [0.15, 0.2) is 5.13 Å². The van der Waals surface area contributed by atoms with Gasteiger partial charge in [0.2, 0.25) is 27.7 Å². The Bertz CT molecular complexity index is 1950. The number of amides is 3. The van der Waals surface area contributed by atoms with Crippen LogP contribution in [-0.4, -0.2) is 76.5 Å². The van der Waals surface area contributed by atoms with E-state index in [1.165, 1.54) is 11.3 Å². The van der Waals surface area contributed by atoms with Crippen LogP contribution in [0.25, 0.3) is 10.8 Å². The van der Waals surface area contributed by atoms with Gasteiger partial charge in [0.05, 0.1) is 17.5 Å². The van der Waals surface area contributed by atoms with Gasteiger partial charge in [-0.3, -0.25) is 19.1 Å². The van der Waals surface area contributed by atoms with Gasteiger partial charge >= 0.3 is 0 Å². The molecular formula is C37H46N6O6S2. The summed E-state index contributed by atoms with van der Waals surface area (Å²) in [7, 11) is -3.84. The lowest BCUT2D eigenvalue weighted by molar-refractivity contribution is -0.140. The van der Waals surface area contributed by atoms with Gasteiger partial charge in [-0.05, 0) is 56.0 Å². The third-order valence-electron chi connectivity index (χ3n) is 10.3. The average Bonchev–Trinajstić information content (AvgIpc) is 3.97. The molecule has 2 saturated carbocycles. The van der Waals surface area contributed by atoms with E-state index in [0.717, 1.165) is 42.1 Å². The number of carbonyl (C=O) groups is 3. The molecule has 4 aliphatic rings. The van der Waals surface area contributed by atoms with E-state index in [9.17, 15) is 22.8 Å². The number of hydrogen-bond donors (Lipinski definition) is 3. The molecule has 3 amide bonds. The van der Waals surface area contributed by atoms with Crippen LogP contribution in [0.5, 0.6) is 5.88 Å². The summed E-state index contributed by atoms with van der Waals surface area (Å²) in [6.07, 6.45) is 10.3. The second kappa shape index (κ2) is 13.8. The first kappa shape index (κ1) is 35.4. The molecule has 1 aromatic carbocycles.